The zero-order chi connectivity index (χ0) is 15.4. The molecule has 0 N–H and O–H groups in total. The Morgan fingerprint density at radius 2 is 2.14 bits per heavy atom. The highest BCUT2D eigenvalue weighted by atomic mass is 35.5. The van der Waals surface area contributed by atoms with Crippen LogP contribution in [-0.4, -0.2) is 22.4 Å². The maximum atomic E-state index is 12.0. The fourth-order valence-electron chi connectivity index (χ4n) is 2.17. The van der Waals surface area contributed by atoms with E-state index in [1.165, 1.54) is 0 Å². The molecule has 112 valence electrons. The van der Waals surface area contributed by atoms with Gasteiger partial charge in [-0.15, -0.1) is 0 Å². The van der Waals surface area contributed by atoms with Crippen LogP contribution in [0.2, 0.25) is 5.02 Å². The Hall–Kier alpha value is -1.81. The zero-order valence-electron chi connectivity index (χ0n) is 12.5. The van der Waals surface area contributed by atoms with Crippen molar-refractivity contribution in [3.63, 3.8) is 0 Å². The van der Waals surface area contributed by atoms with Crippen LogP contribution in [0, 0.1) is 6.92 Å². The van der Waals surface area contributed by atoms with Crippen LogP contribution in [0.3, 0.4) is 0 Å². The molecule has 0 radical (unpaired) electrons. The van der Waals surface area contributed by atoms with Gasteiger partial charge in [0.05, 0.1) is 24.2 Å². The molecule has 0 atom stereocenters. The van der Waals surface area contributed by atoms with Gasteiger partial charge in [0.2, 0.25) is 0 Å². The van der Waals surface area contributed by atoms with E-state index in [4.69, 9.17) is 16.3 Å². The fourth-order valence-corrected chi connectivity index (χ4v) is 2.34. The number of benzene rings is 1. The van der Waals surface area contributed by atoms with Crippen molar-refractivity contribution in [1.29, 1.82) is 0 Å². The highest BCUT2D eigenvalue weighted by molar-refractivity contribution is 6.31. The molecule has 1 heterocycles. The van der Waals surface area contributed by atoms with E-state index in [1.54, 1.807) is 17.8 Å². The molecule has 0 saturated heterocycles. The van der Waals surface area contributed by atoms with Crippen LogP contribution in [0.5, 0.6) is 0 Å². The predicted molar refractivity (Wildman–Crippen MR) is 83.3 cm³/mol. The molecule has 0 aliphatic carbocycles. The maximum absolute atomic E-state index is 12.0. The van der Waals surface area contributed by atoms with Gasteiger partial charge in [0.15, 0.2) is 0 Å². The summed E-state index contributed by atoms with van der Waals surface area (Å²) < 4.78 is 6.85. The summed E-state index contributed by atoms with van der Waals surface area (Å²) in [6.45, 7) is 6.16. The summed E-state index contributed by atoms with van der Waals surface area (Å²) in [6, 6.07) is 5.75. The molecule has 5 heteroatoms. The van der Waals surface area contributed by atoms with Gasteiger partial charge >= 0.3 is 5.97 Å². The molecule has 2 rings (SSSR count). The minimum absolute atomic E-state index is 0.328. The molecule has 0 amide bonds. The van der Waals surface area contributed by atoms with E-state index >= 15 is 0 Å². The van der Waals surface area contributed by atoms with Gasteiger partial charge in [-0.05, 0) is 38.0 Å². The van der Waals surface area contributed by atoms with Crippen LogP contribution < -0.4 is 0 Å². The Balaban J connectivity index is 2.48. The maximum Gasteiger partial charge on any atom is 0.341 e. The second kappa shape index (κ2) is 6.76. The van der Waals surface area contributed by atoms with E-state index in [0.717, 1.165) is 29.8 Å². The summed E-state index contributed by atoms with van der Waals surface area (Å²) in [5.74, 6) is -0.328. The second-order valence-electron chi connectivity index (χ2n) is 4.82. The van der Waals surface area contributed by atoms with Gasteiger partial charge in [-0.3, -0.25) is 0 Å². The normalized spacial score (nSPS) is 10.7. The van der Waals surface area contributed by atoms with Crippen LogP contribution in [0.15, 0.2) is 24.4 Å². The monoisotopic (exact) mass is 306 g/mol. The minimum atomic E-state index is -0.328. The largest absolute Gasteiger partial charge is 0.462 e. The highest BCUT2D eigenvalue weighted by Crippen LogP contribution is 2.22. The minimum Gasteiger partial charge on any atom is -0.462 e. The van der Waals surface area contributed by atoms with Gasteiger partial charge in [-0.2, -0.15) is 5.10 Å². The van der Waals surface area contributed by atoms with E-state index in [9.17, 15) is 4.79 Å². The van der Waals surface area contributed by atoms with Crippen molar-refractivity contribution in [1.82, 2.24) is 9.78 Å². The Kier molecular flexibility index (Phi) is 5.02. The van der Waals surface area contributed by atoms with E-state index in [1.807, 2.05) is 25.1 Å². The van der Waals surface area contributed by atoms with Gasteiger partial charge in [0.1, 0.15) is 5.56 Å². The fraction of sp³-hybridized carbons (Fsp3) is 0.375. The summed E-state index contributed by atoms with van der Waals surface area (Å²) in [5, 5.41) is 5.02. The lowest BCUT2D eigenvalue weighted by atomic mass is 10.1. The van der Waals surface area contributed by atoms with Gasteiger partial charge < -0.3 is 4.74 Å². The summed E-state index contributed by atoms with van der Waals surface area (Å²) in [4.78, 5) is 12.0. The lowest BCUT2D eigenvalue weighted by Gasteiger charge is -2.10. The molecule has 0 fully saturated rings. The molecule has 0 spiro atoms. The molecule has 0 unspecified atom stereocenters. The van der Waals surface area contributed by atoms with Crippen LogP contribution in [0.1, 0.15) is 41.9 Å². The molecule has 1 aromatic heterocycles. The summed E-state index contributed by atoms with van der Waals surface area (Å²) in [6.07, 6.45) is 3.23. The third-order valence-electron chi connectivity index (χ3n) is 3.25. The summed E-state index contributed by atoms with van der Waals surface area (Å²) in [7, 11) is 0. The van der Waals surface area contributed by atoms with Crippen LogP contribution in [-0.2, 0) is 11.2 Å². The first-order valence-corrected chi connectivity index (χ1v) is 7.46. The van der Waals surface area contributed by atoms with Crippen LogP contribution in [0.25, 0.3) is 5.69 Å². The standard InChI is InChI=1S/C16H19ClN2O2/c1-4-6-15-13(16(20)21-5-2)10-18-19(15)12-8-7-11(3)14(17)9-12/h7-10H,4-6H2,1-3H3. The van der Waals surface area contributed by atoms with Gasteiger partial charge in [-0.25, -0.2) is 9.48 Å². The molecule has 4 nitrogen and oxygen atoms in total. The quantitative estimate of drug-likeness (QED) is 0.785. The van der Waals surface area contributed by atoms with E-state index in [-0.39, 0.29) is 5.97 Å². The van der Waals surface area contributed by atoms with Crippen molar-refractivity contribution >= 4 is 17.6 Å². The first-order valence-electron chi connectivity index (χ1n) is 7.09. The second-order valence-corrected chi connectivity index (χ2v) is 5.23. The number of aromatic nitrogens is 2. The van der Waals surface area contributed by atoms with Gasteiger partial charge in [0.25, 0.3) is 0 Å². The Bertz CT molecular complexity index is 650. The lowest BCUT2D eigenvalue weighted by molar-refractivity contribution is 0.0525. The van der Waals surface area contributed by atoms with Crippen molar-refractivity contribution in [2.24, 2.45) is 0 Å². The van der Waals surface area contributed by atoms with Crippen molar-refractivity contribution in [3.05, 3.63) is 46.2 Å². The summed E-state index contributed by atoms with van der Waals surface area (Å²) >= 11 is 6.18. The van der Waals surface area contributed by atoms with Crippen molar-refractivity contribution in [2.45, 2.75) is 33.6 Å². The van der Waals surface area contributed by atoms with Crippen LogP contribution >= 0.6 is 11.6 Å². The number of nitrogens with zero attached hydrogens (tertiary/aromatic N) is 2. The molecular formula is C16H19ClN2O2. The SMILES string of the molecule is CCCc1c(C(=O)OCC)cnn1-c1ccc(C)c(Cl)c1. The third-order valence-corrected chi connectivity index (χ3v) is 3.66. The molecule has 21 heavy (non-hydrogen) atoms. The number of esters is 1. The average molecular weight is 307 g/mol. The van der Waals surface area contributed by atoms with Crippen molar-refractivity contribution < 1.29 is 9.53 Å². The zero-order valence-corrected chi connectivity index (χ0v) is 13.3. The molecule has 0 aliphatic heterocycles. The topological polar surface area (TPSA) is 44.1 Å². The molecule has 0 bridgehead atoms. The molecule has 0 saturated carbocycles. The number of ether oxygens (including phenoxy) is 1. The van der Waals surface area contributed by atoms with Gasteiger partial charge in [0, 0.05) is 5.02 Å². The third kappa shape index (κ3) is 3.27. The Morgan fingerprint density at radius 1 is 1.38 bits per heavy atom. The lowest BCUT2D eigenvalue weighted by Crippen LogP contribution is -2.09. The highest BCUT2D eigenvalue weighted by Gasteiger charge is 2.19. The van der Waals surface area contributed by atoms with Crippen molar-refractivity contribution in [3.8, 4) is 5.69 Å². The predicted octanol–water partition coefficient (Wildman–Crippen LogP) is 3.96. The molecule has 1 aromatic carbocycles. The average Bonchev–Trinajstić information content (AvgIpc) is 2.86. The first kappa shape index (κ1) is 15.6. The number of halogens is 1. The van der Waals surface area contributed by atoms with Crippen molar-refractivity contribution in [2.75, 3.05) is 6.61 Å². The van der Waals surface area contributed by atoms with E-state index in [0.29, 0.717) is 17.2 Å². The van der Waals surface area contributed by atoms with E-state index in [2.05, 4.69) is 12.0 Å². The Labute approximate surface area is 129 Å². The van der Waals surface area contributed by atoms with Crippen LogP contribution in [0.4, 0.5) is 0 Å². The molecular weight excluding hydrogens is 288 g/mol. The number of carbonyl (C=O) groups is 1. The number of hydrogen-bond acceptors (Lipinski definition) is 3. The van der Waals surface area contributed by atoms with E-state index < -0.39 is 0 Å². The van der Waals surface area contributed by atoms with Gasteiger partial charge in [-0.1, -0.05) is 31.0 Å². The summed E-state index contributed by atoms with van der Waals surface area (Å²) in [5.41, 5.74) is 3.24. The number of hydrogen-bond donors (Lipinski definition) is 0. The first-order chi connectivity index (χ1) is 10.1. The number of rotatable bonds is 5. The smallest absolute Gasteiger partial charge is 0.341 e. The number of aryl methyl sites for hydroxylation is 1. The Morgan fingerprint density at radius 3 is 2.76 bits per heavy atom. The molecule has 2 aromatic rings. The number of carbonyl (C=O) groups excluding carboxylic acids is 1. The molecule has 0 aliphatic rings.